The van der Waals surface area contributed by atoms with Gasteiger partial charge in [0, 0.05) is 21.6 Å². The molecule has 2 aromatic rings. The van der Waals surface area contributed by atoms with Crippen molar-refractivity contribution in [2.24, 2.45) is 5.84 Å². The lowest BCUT2D eigenvalue weighted by molar-refractivity contribution is 0.0955. The van der Waals surface area contributed by atoms with E-state index in [1.807, 2.05) is 18.2 Å². The number of carbonyl (C=O) groups excluding carboxylic acids is 1. The second-order valence-electron chi connectivity index (χ2n) is 2.87. The van der Waals surface area contributed by atoms with Gasteiger partial charge in [-0.2, -0.15) is 0 Å². The number of halogens is 1. The standard InChI is InChI=1S/C9H8BrN3O/c10-5-1-2-8-6(3-5)7(4-12-8)9(14)13-11/h1-4,12H,11H2,(H,13,14). The van der Waals surface area contributed by atoms with Crippen LogP contribution in [0, 0.1) is 0 Å². The van der Waals surface area contributed by atoms with Crippen molar-refractivity contribution in [1.82, 2.24) is 10.4 Å². The minimum Gasteiger partial charge on any atom is -0.360 e. The smallest absolute Gasteiger partial charge is 0.267 e. The molecule has 0 unspecified atom stereocenters. The highest BCUT2D eigenvalue weighted by Gasteiger charge is 2.10. The zero-order valence-corrected chi connectivity index (χ0v) is 8.76. The van der Waals surface area contributed by atoms with Gasteiger partial charge in [0.1, 0.15) is 0 Å². The lowest BCUT2D eigenvalue weighted by Crippen LogP contribution is -2.29. The number of nitrogens with two attached hydrogens (primary N) is 1. The topological polar surface area (TPSA) is 70.9 Å². The van der Waals surface area contributed by atoms with Gasteiger partial charge >= 0.3 is 0 Å². The van der Waals surface area contributed by atoms with Gasteiger partial charge in [-0.1, -0.05) is 15.9 Å². The number of nitrogen functional groups attached to an aromatic ring is 1. The van der Waals surface area contributed by atoms with E-state index in [1.54, 1.807) is 6.20 Å². The lowest BCUT2D eigenvalue weighted by Gasteiger charge is -1.97. The van der Waals surface area contributed by atoms with Gasteiger partial charge in [0.05, 0.1) is 5.56 Å². The molecule has 5 heteroatoms. The first-order chi connectivity index (χ1) is 6.72. The number of rotatable bonds is 1. The Hall–Kier alpha value is -1.33. The molecule has 0 bridgehead atoms. The van der Waals surface area contributed by atoms with E-state index < -0.39 is 0 Å². The van der Waals surface area contributed by atoms with Crippen molar-refractivity contribution in [1.29, 1.82) is 0 Å². The maximum absolute atomic E-state index is 11.3. The van der Waals surface area contributed by atoms with Gasteiger partial charge in [-0.05, 0) is 18.2 Å². The van der Waals surface area contributed by atoms with E-state index in [1.165, 1.54) is 0 Å². The molecule has 0 saturated heterocycles. The van der Waals surface area contributed by atoms with E-state index in [9.17, 15) is 4.79 Å². The lowest BCUT2D eigenvalue weighted by atomic mass is 10.2. The molecule has 0 spiro atoms. The van der Waals surface area contributed by atoms with Crippen LogP contribution in [0.2, 0.25) is 0 Å². The number of aromatic amines is 1. The number of amides is 1. The fraction of sp³-hybridized carbons (Fsp3) is 0. The summed E-state index contributed by atoms with van der Waals surface area (Å²) in [6, 6.07) is 5.67. The summed E-state index contributed by atoms with van der Waals surface area (Å²) in [6.45, 7) is 0. The molecule has 0 fully saturated rings. The van der Waals surface area contributed by atoms with Crippen LogP contribution in [0.4, 0.5) is 0 Å². The monoisotopic (exact) mass is 253 g/mol. The Morgan fingerprint density at radius 2 is 2.29 bits per heavy atom. The van der Waals surface area contributed by atoms with Gasteiger partial charge in [0.25, 0.3) is 5.91 Å². The zero-order chi connectivity index (χ0) is 10.1. The van der Waals surface area contributed by atoms with Crippen LogP contribution < -0.4 is 11.3 Å². The quantitative estimate of drug-likeness (QED) is 0.410. The first kappa shape index (κ1) is 9.23. The third kappa shape index (κ3) is 1.40. The SMILES string of the molecule is NNC(=O)c1c[nH]c2ccc(Br)cc12. The molecule has 1 amide bonds. The van der Waals surface area contributed by atoms with E-state index in [0.29, 0.717) is 5.56 Å². The highest BCUT2D eigenvalue weighted by atomic mass is 79.9. The normalized spacial score (nSPS) is 10.4. The van der Waals surface area contributed by atoms with Crippen molar-refractivity contribution < 1.29 is 4.79 Å². The van der Waals surface area contributed by atoms with E-state index in [2.05, 4.69) is 26.3 Å². The summed E-state index contributed by atoms with van der Waals surface area (Å²) in [4.78, 5) is 14.3. The third-order valence-electron chi connectivity index (χ3n) is 2.02. The van der Waals surface area contributed by atoms with Crippen molar-refractivity contribution in [2.45, 2.75) is 0 Å². The van der Waals surface area contributed by atoms with E-state index in [4.69, 9.17) is 5.84 Å². The van der Waals surface area contributed by atoms with Gasteiger partial charge in [0.15, 0.2) is 0 Å². The number of hydrogen-bond acceptors (Lipinski definition) is 2. The molecule has 1 heterocycles. The molecular weight excluding hydrogens is 246 g/mol. The summed E-state index contributed by atoms with van der Waals surface area (Å²) >= 11 is 3.35. The highest BCUT2D eigenvalue weighted by molar-refractivity contribution is 9.10. The van der Waals surface area contributed by atoms with Crippen LogP contribution in [-0.4, -0.2) is 10.9 Å². The van der Waals surface area contributed by atoms with Crippen molar-refractivity contribution >= 4 is 32.7 Å². The van der Waals surface area contributed by atoms with Gasteiger partial charge in [-0.15, -0.1) is 0 Å². The van der Waals surface area contributed by atoms with Crippen LogP contribution >= 0.6 is 15.9 Å². The number of carbonyl (C=O) groups is 1. The van der Waals surface area contributed by atoms with Gasteiger partial charge in [-0.3, -0.25) is 10.2 Å². The Morgan fingerprint density at radius 3 is 3.00 bits per heavy atom. The summed E-state index contributed by atoms with van der Waals surface area (Å²) in [5.41, 5.74) is 3.56. The highest BCUT2D eigenvalue weighted by Crippen LogP contribution is 2.22. The molecule has 0 aliphatic heterocycles. The average Bonchev–Trinajstić information content (AvgIpc) is 2.59. The first-order valence-electron chi connectivity index (χ1n) is 4.00. The third-order valence-corrected chi connectivity index (χ3v) is 2.51. The fourth-order valence-corrected chi connectivity index (χ4v) is 1.72. The molecule has 4 nitrogen and oxygen atoms in total. The number of hydrazine groups is 1. The van der Waals surface area contributed by atoms with Crippen molar-refractivity contribution in [3.8, 4) is 0 Å². The maximum atomic E-state index is 11.3. The molecule has 1 aromatic carbocycles. The molecule has 4 N–H and O–H groups in total. The Kier molecular flexibility index (Phi) is 2.26. The van der Waals surface area contributed by atoms with E-state index in [-0.39, 0.29) is 5.91 Å². The molecule has 0 aliphatic rings. The predicted molar refractivity (Wildman–Crippen MR) is 57.7 cm³/mol. The zero-order valence-electron chi connectivity index (χ0n) is 7.17. The second-order valence-corrected chi connectivity index (χ2v) is 3.78. The predicted octanol–water partition coefficient (Wildman–Crippen LogP) is 1.53. The van der Waals surface area contributed by atoms with Crippen LogP contribution in [-0.2, 0) is 0 Å². The molecular formula is C9H8BrN3O. The first-order valence-corrected chi connectivity index (χ1v) is 4.79. The molecule has 0 radical (unpaired) electrons. The molecule has 0 saturated carbocycles. The number of benzene rings is 1. The van der Waals surface area contributed by atoms with Crippen LogP contribution in [0.1, 0.15) is 10.4 Å². The molecule has 1 aromatic heterocycles. The number of H-pyrrole nitrogens is 1. The molecule has 0 aliphatic carbocycles. The molecule has 14 heavy (non-hydrogen) atoms. The Morgan fingerprint density at radius 1 is 1.50 bits per heavy atom. The van der Waals surface area contributed by atoms with Crippen LogP contribution in [0.15, 0.2) is 28.9 Å². The van der Waals surface area contributed by atoms with Crippen LogP contribution in [0.5, 0.6) is 0 Å². The minimum absolute atomic E-state index is 0.297. The second kappa shape index (κ2) is 3.43. The van der Waals surface area contributed by atoms with Crippen molar-refractivity contribution in [2.75, 3.05) is 0 Å². The van der Waals surface area contributed by atoms with Gasteiger partial charge in [0.2, 0.25) is 0 Å². The number of hydrogen-bond donors (Lipinski definition) is 3. The Labute approximate surface area is 88.6 Å². The number of fused-ring (bicyclic) bond motifs is 1. The molecule has 0 atom stereocenters. The molecule has 72 valence electrons. The Bertz CT molecular complexity index is 492. The van der Waals surface area contributed by atoms with Gasteiger partial charge < -0.3 is 4.98 Å². The maximum Gasteiger partial charge on any atom is 0.267 e. The summed E-state index contributed by atoms with van der Waals surface area (Å²) < 4.78 is 0.927. The van der Waals surface area contributed by atoms with Gasteiger partial charge in [-0.25, -0.2) is 5.84 Å². The summed E-state index contributed by atoms with van der Waals surface area (Å²) in [6.07, 6.45) is 1.64. The molecule has 2 rings (SSSR count). The largest absolute Gasteiger partial charge is 0.360 e. The summed E-state index contributed by atoms with van der Waals surface area (Å²) in [5.74, 6) is 4.77. The summed E-state index contributed by atoms with van der Waals surface area (Å²) in [5, 5.41) is 0.849. The van der Waals surface area contributed by atoms with Crippen molar-refractivity contribution in [3.63, 3.8) is 0 Å². The summed E-state index contributed by atoms with van der Waals surface area (Å²) in [7, 11) is 0. The van der Waals surface area contributed by atoms with Crippen molar-refractivity contribution in [3.05, 3.63) is 34.4 Å². The number of aromatic nitrogens is 1. The van der Waals surface area contributed by atoms with Crippen LogP contribution in [0.3, 0.4) is 0 Å². The van der Waals surface area contributed by atoms with E-state index in [0.717, 1.165) is 15.4 Å². The van der Waals surface area contributed by atoms with Crippen LogP contribution in [0.25, 0.3) is 10.9 Å². The van der Waals surface area contributed by atoms with E-state index >= 15 is 0 Å². The minimum atomic E-state index is -0.297. The number of nitrogens with one attached hydrogen (secondary N) is 2. The fourth-order valence-electron chi connectivity index (χ4n) is 1.36. The Balaban J connectivity index is 2.67. The average molecular weight is 254 g/mol.